The van der Waals surface area contributed by atoms with Crippen LogP contribution in [0.3, 0.4) is 0 Å². The van der Waals surface area contributed by atoms with Crippen molar-refractivity contribution in [2.45, 2.75) is 6.54 Å². The van der Waals surface area contributed by atoms with Gasteiger partial charge in [-0.15, -0.1) is 0 Å². The molecule has 0 aliphatic rings. The lowest BCUT2D eigenvalue weighted by Gasteiger charge is -2.06. The van der Waals surface area contributed by atoms with Crippen molar-refractivity contribution in [3.8, 4) is 5.69 Å². The first kappa shape index (κ1) is 10.4. The summed E-state index contributed by atoms with van der Waals surface area (Å²) in [5.74, 6) is -0.989. The molecule has 16 heavy (non-hydrogen) atoms. The van der Waals surface area contributed by atoms with Crippen molar-refractivity contribution in [2.24, 2.45) is 5.73 Å². The van der Waals surface area contributed by atoms with E-state index >= 15 is 0 Å². The number of hydrogen-bond donors (Lipinski definition) is 2. The molecule has 5 heteroatoms. The van der Waals surface area contributed by atoms with Crippen molar-refractivity contribution in [3.05, 3.63) is 47.8 Å². The van der Waals surface area contributed by atoms with Gasteiger partial charge in [-0.2, -0.15) is 5.10 Å². The van der Waals surface area contributed by atoms with Gasteiger partial charge in [0.05, 0.1) is 17.4 Å². The van der Waals surface area contributed by atoms with Crippen molar-refractivity contribution in [3.63, 3.8) is 0 Å². The molecule has 0 amide bonds. The summed E-state index contributed by atoms with van der Waals surface area (Å²) in [4.78, 5) is 10.7. The molecule has 2 aromatic rings. The van der Waals surface area contributed by atoms with Crippen molar-refractivity contribution in [1.29, 1.82) is 0 Å². The summed E-state index contributed by atoms with van der Waals surface area (Å²) >= 11 is 0. The smallest absolute Gasteiger partial charge is 0.338 e. The van der Waals surface area contributed by atoms with Crippen LogP contribution in [0.15, 0.2) is 36.7 Å². The van der Waals surface area contributed by atoms with Crippen LogP contribution >= 0.6 is 0 Å². The van der Waals surface area contributed by atoms with Gasteiger partial charge in [-0.05, 0) is 11.6 Å². The summed E-state index contributed by atoms with van der Waals surface area (Å²) < 4.78 is 1.52. The molecule has 82 valence electrons. The van der Waals surface area contributed by atoms with Gasteiger partial charge in [-0.3, -0.25) is 0 Å². The van der Waals surface area contributed by atoms with Gasteiger partial charge in [-0.25, -0.2) is 9.48 Å². The first-order valence-electron chi connectivity index (χ1n) is 4.78. The molecular formula is C11H11N3O2. The van der Waals surface area contributed by atoms with E-state index in [4.69, 9.17) is 10.8 Å². The molecule has 0 atom stereocenters. The summed E-state index contributed by atoms with van der Waals surface area (Å²) in [5.41, 5.74) is 7.48. The Morgan fingerprint density at radius 2 is 2.19 bits per heavy atom. The molecular weight excluding hydrogens is 206 g/mol. The maximum Gasteiger partial charge on any atom is 0.338 e. The number of hydrogen-bond acceptors (Lipinski definition) is 3. The third-order valence-corrected chi connectivity index (χ3v) is 2.29. The highest BCUT2D eigenvalue weighted by molar-refractivity contribution is 5.87. The van der Waals surface area contributed by atoms with E-state index in [1.54, 1.807) is 0 Å². The van der Waals surface area contributed by atoms with Gasteiger partial charge in [0.1, 0.15) is 0 Å². The van der Waals surface area contributed by atoms with E-state index < -0.39 is 5.97 Å². The molecule has 0 aliphatic heterocycles. The lowest BCUT2D eigenvalue weighted by Crippen LogP contribution is -2.04. The van der Waals surface area contributed by atoms with Gasteiger partial charge in [-0.1, -0.05) is 18.2 Å². The molecule has 2 rings (SSSR count). The summed E-state index contributed by atoms with van der Waals surface area (Å²) in [5, 5.41) is 12.8. The average Bonchev–Trinajstić information content (AvgIpc) is 2.78. The average molecular weight is 217 g/mol. The van der Waals surface area contributed by atoms with Crippen LogP contribution in [0, 0.1) is 0 Å². The highest BCUT2D eigenvalue weighted by Crippen LogP contribution is 2.13. The molecule has 0 bridgehead atoms. The monoisotopic (exact) mass is 217 g/mol. The zero-order valence-corrected chi connectivity index (χ0v) is 8.50. The minimum Gasteiger partial charge on any atom is -0.478 e. The van der Waals surface area contributed by atoms with E-state index in [1.165, 1.54) is 17.1 Å². The number of carboxylic acids is 1. The quantitative estimate of drug-likeness (QED) is 0.804. The molecule has 1 aromatic carbocycles. The standard InChI is InChI=1S/C11H11N3O2/c12-5-8-3-1-2-4-10(8)14-7-9(6-13-14)11(15)16/h1-4,6-7H,5,12H2,(H,15,16). The molecule has 0 spiro atoms. The fourth-order valence-electron chi connectivity index (χ4n) is 1.47. The number of benzene rings is 1. The highest BCUT2D eigenvalue weighted by Gasteiger charge is 2.08. The Kier molecular flexibility index (Phi) is 2.70. The van der Waals surface area contributed by atoms with Crippen LogP contribution in [0.25, 0.3) is 5.69 Å². The molecule has 5 nitrogen and oxygen atoms in total. The zero-order chi connectivity index (χ0) is 11.5. The molecule has 0 radical (unpaired) electrons. The molecule has 1 heterocycles. The second kappa shape index (κ2) is 4.16. The third kappa shape index (κ3) is 1.80. The number of aromatic nitrogens is 2. The van der Waals surface area contributed by atoms with Gasteiger partial charge in [0.25, 0.3) is 0 Å². The fourth-order valence-corrected chi connectivity index (χ4v) is 1.47. The maximum atomic E-state index is 10.7. The SMILES string of the molecule is NCc1ccccc1-n1cc(C(=O)O)cn1. The van der Waals surface area contributed by atoms with E-state index in [0.29, 0.717) is 6.54 Å². The highest BCUT2D eigenvalue weighted by atomic mass is 16.4. The second-order valence-corrected chi connectivity index (χ2v) is 3.31. The third-order valence-electron chi connectivity index (χ3n) is 2.29. The molecule has 0 fully saturated rings. The minimum atomic E-state index is -0.989. The largest absolute Gasteiger partial charge is 0.478 e. The van der Waals surface area contributed by atoms with Crippen LogP contribution in [0.1, 0.15) is 15.9 Å². The van der Waals surface area contributed by atoms with Crippen LogP contribution in [0.5, 0.6) is 0 Å². The second-order valence-electron chi connectivity index (χ2n) is 3.31. The van der Waals surface area contributed by atoms with Crippen LogP contribution < -0.4 is 5.73 Å². The van der Waals surface area contributed by atoms with Gasteiger partial charge >= 0.3 is 5.97 Å². The Morgan fingerprint density at radius 1 is 1.44 bits per heavy atom. The van der Waals surface area contributed by atoms with Crippen molar-refractivity contribution in [1.82, 2.24) is 9.78 Å². The van der Waals surface area contributed by atoms with Crippen molar-refractivity contribution in [2.75, 3.05) is 0 Å². The molecule has 1 aromatic heterocycles. The van der Waals surface area contributed by atoms with Crippen LogP contribution in [0.2, 0.25) is 0 Å². The first-order valence-corrected chi connectivity index (χ1v) is 4.78. The van der Waals surface area contributed by atoms with Gasteiger partial charge < -0.3 is 10.8 Å². The lowest BCUT2D eigenvalue weighted by atomic mass is 10.2. The Bertz CT molecular complexity index is 519. The lowest BCUT2D eigenvalue weighted by molar-refractivity contribution is 0.0697. The van der Waals surface area contributed by atoms with E-state index in [9.17, 15) is 4.79 Å². The molecule has 0 saturated carbocycles. The summed E-state index contributed by atoms with van der Waals surface area (Å²) in [6.07, 6.45) is 2.78. The Labute approximate surface area is 92.1 Å². The minimum absolute atomic E-state index is 0.159. The van der Waals surface area contributed by atoms with Crippen molar-refractivity contribution >= 4 is 5.97 Å². The van der Waals surface area contributed by atoms with E-state index in [2.05, 4.69) is 5.10 Å². The molecule has 0 unspecified atom stereocenters. The Hall–Kier alpha value is -2.14. The van der Waals surface area contributed by atoms with E-state index in [0.717, 1.165) is 11.3 Å². The summed E-state index contributed by atoms with van der Waals surface area (Å²) in [6, 6.07) is 7.47. The topological polar surface area (TPSA) is 81.1 Å². The normalized spacial score (nSPS) is 10.3. The maximum absolute atomic E-state index is 10.7. The van der Waals surface area contributed by atoms with Crippen molar-refractivity contribution < 1.29 is 9.90 Å². The molecule has 0 saturated heterocycles. The van der Waals surface area contributed by atoms with Gasteiger partial charge in [0.15, 0.2) is 0 Å². The summed E-state index contributed by atoms with van der Waals surface area (Å²) in [6.45, 7) is 0.387. The van der Waals surface area contributed by atoms with Crippen LogP contribution in [-0.2, 0) is 6.54 Å². The van der Waals surface area contributed by atoms with E-state index in [1.807, 2.05) is 24.3 Å². The predicted octanol–water partition coefficient (Wildman–Crippen LogP) is 1.03. The number of carboxylic acid groups (broad SMARTS) is 1. The fraction of sp³-hybridized carbons (Fsp3) is 0.0909. The predicted molar refractivity (Wildman–Crippen MR) is 58.4 cm³/mol. The molecule has 0 aliphatic carbocycles. The number of aromatic carboxylic acids is 1. The van der Waals surface area contributed by atoms with Crippen LogP contribution in [-0.4, -0.2) is 20.9 Å². The number of para-hydroxylation sites is 1. The number of nitrogens with zero attached hydrogens (tertiary/aromatic N) is 2. The molecule has 3 N–H and O–H groups in total. The number of rotatable bonds is 3. The summed E-state index contributed by atoms with van der Waals surface area (Å²) in [7, 11) is 0. The Morgan fingerprint density at radius 3 is 2.81 bits per heavy atom. The van der Waals surface area contributed by atoms with E-state index in [-0.39, 0.29) is 5.56 Å². The number of nitrogens with two attached hydrogens (primary N) is 1. The van der Waals surface area contributed by atoms with Crippen LogP contribution in [0.4, 0.5) is 0 Å². The Balaban J connectivity index is 2.46. The first-order chi connectivity index (χ1) is 7.72. The zero-order valence-electron chi connectivity index (χ0n) is 8.50. The number of carbonyl (C=O) groups is 1. The van der Waals surface area contributed by atoms with Gasteiger partial charge in [0, 0.05) is 12.7 Å². The van der Waals surface area contributed by atoms with Gasteiger partial charge in [0.2, 0.25) is 0 Å².